The van der Waals surface area contributed by atoms with Gasteiger partial charge in [-0.1, -0.05) is 77.6 Å². The highest BCUT2D eigenvalue weighted by Crippen LogP contribution is 2.32. The van der Waals surface area contributed by atoms with Crippen LogP contribution in [0, 0.1) is 0 Å². The molecular weight excluding hydrogens is 828 g/mol. The van der Waals surface area contributed by atoms with E-state index >= 15 is 0 Å². The summed E-state index contributed by atoms with van der Waals surface area (Å²) in [6.45, 7) is 33.6. The predicted molar refractivity (Wildman–Crippen MR) is 239 cm³/mol. The van der Waals surface area contributed by atoms with Gasteiger partial charge in [0.2, 0.25) is 0 Å². The number of ether oxygens (including phenoxy) is 2. The summed E-state index contributed by atoms with van der Waals surface area (Å²) in [5, 5.41) is 82.5. The number of carboxylic acids is 6. The maximum absolute atomic E-state index is 9.60. The van der Waals surface area contributed by atoms with Crippen LogP contribution in [0.1, 0.15) is 66.5 Å². The highest BCUT2D eigenvalue weighted by molar-refractivity contribution is 5.86. The van der Waals surface area contributed by atoms with Gasteiger partial charge in [-0.25, -0.2) is 28.8 Å². The number of aromatic hydroxyl groups is 2. The van der Waals surface area contributed by atoms with Crippen molar-refractivity contribution in [2.45, 2.75) is 60.8 Å². The number of aliphatic hydroxyl groups excluding tert-OH is 2. The first-order chi connectivity index (χ1) is 28.8. The lowest BCUT2D eigenvalue weighted by atomic mass is 9.78. The van der Waals surface area contributed by atoms with E-state index in [1.807, 2.05) is 24.3 Å². The van der Waals surface area contributed by atoms with Gasteiger partial charge in [-0.2, -0.15) is 0 Å². The van der Waals surface area contributed by atoms with Gasteiger partial charge in [-0.15, -0.1) is 0 Å². The first kappa shape index (κ1) is 67.9. The molecule has 0 fully saturated rings. The van der Waals surface area contributed by atoms with E-state index in [0.29, 0.717) is 26.4 Å². The van der Waals surface area contributed by atoms with Crippen molar-refractivity contribution in [3.8, 4) is 11.5 Å². The molecule has 10 N–H and O–H groups in total. The fourth-order valence-electron chi connectivity index (χ4n) is 2.37. The Labute approximate surface area is 369 Å². The molecule has 0 spiro atoms. The van der Waals surface area contributed by atoms with Crippen molar-refractivity contribution in [1.82, 2.24) is 0 Å². The van der Waals surface area contributed by atoms with Crippen molar-refractivity contribution in [3.63, 3.8) is 0 Å². The maximum atomic E-state index is 9.60. The smallest absolute Gasteiger partial charge is 0.330 e. The molecule has 0 aromatic heterocycles. The molecular formula is C45H66O18. The molecule has 0 heterocycles. The Bertz CT molecular complexity index is 1440. The van der Waals surface area contributed by atoms with Crippen molar-refractivity contribution >= 4 is 35.8 Å². The van der Waals surface area contributed by atoms with E-state index in [9.17, 15) is 39.0 Å². The van der Waals surface area contributed by atoms with Crippen LogP contribution in [0.3, 0.4) is 0 Å². The lowest BCUT2D eigenvalue weighted by Crippen LogP contribution is -2.18. The van der Waals surface area contributed by atoms with Gasteiger partial charge in [-0.05, 0) is 76.9 Å². The van der Waals surface area contributed by atoms with E-state index < -0.39 is 35.8 Å². The van der Waals surface area contributed by atoms with Gasteiger partial charge < -0.3 is 60.5 Å². The van der Waals surface area contributed by atoms with Gasteiger partial charge in [0.1, 0.15) is 11.5 Å². The van der Waals surface area contributed by atoms with Gasteiger partial charge >= 0.3 is 35.8 Å². The quantitative estimate of drug-likeness (QED) is 0.0691. The van der Waals surface area contributed by atoms with E-state index in [1.54, 1.807) is 24.3 Å². The van der Waals surface area contributed by atoms with E-state index in [4.69, 9.17) is 50.3 Å². The van der Waals surface area contributed by atoms with Crippen LogP contribution in [-0.2, 0) is 43.7 Å². The minimum Gasteiger partial charge on any atom is -0.508 e. The Hall–Kier alpha value is -6.86. The van der Waals surface area contributed by atoms with Gasteiger partial charge in [0.05, 0.1) is 39.6 Å². The van der Waals surface area contributed by atoms with Crippen molar-refractivity contribution in [2.24, 2.45) is 0 Å². The largest absolute Gasteiger partial charge is 0.508 e. The molecule has 2 rings (SSSR count). The zero-order valence-electron chi connectivity index (χ0n) is 37.3. The average Bonchev–Trinajstić information content (AvgIpc) is 3.18. The topological polar surface area (TPSA) is 323 Å². The normalized spacial score (nSPS) is 8.98. The summed E-state index contributed by atoms with van der Waals surface area (Å²) in [5.74, 6) is -5.06. The van der Waals surface area contributed by atoms with Crippen molar-refractivity contribution < 1.29 is 89.3 Å². The minimum atomic E-state index is -0.935. The number of aliphatic hydroxyl groups is 2. The molecule has 0 saturated carbocycles. The Balaban J connectivity index is -0.000000155. The van der Waals surface area contributed by atoms with Crippen LogP contribution in [0.2, 0.25) is 0 Å². The molecule has 0 bridgehead atoms. The van der Waals surface area contributed by atoms with Crippen LogP contribution in [0.5, 0.6) is 11.5 Å². The Morgan fingerprint density at radius 3 is 0.698 bits per heavy atom. The minimum absolute atomic E-state index is 0.0417. The molecule has 0 aliphatic carbocycles. The van der Waals surface area contributed by atoms with Crippen LogP contribution in [0.4, 0.5) is 0 Å². The van der Waals surface area contributed by atoms with Crippen LogP contribution in [-0.4, -0.2) is 127 Å². The summed E-state index contributed by atoms with van der Waals surface area (Å²) >= 11 is 0. The number of hydrogen-bond acceptors (Lipinski definition) is 12. The number of phenolic OH excluding ortho intramolecular Hbond substituents is 2. The van der Waals surface area contributed by atoms with Crippen molar-refractivity contribution in [2.75, 3.05) is 39.6 Å². The second-order valence-corrected chi connectivity index (χ2v) is 12.9. The molecule has 2 aromatic carbocycles. The molecule has 0 saturated heterocycles. The molecule has 0 radical (unpaired) electrons. The van der Waals surface area contributed by atoms with Gasteiger partial charge in [-0.3, -0.25) is 0 Å². The number of benzene rings is 2. The van der Waals surface area contributed by atoms with Crippen LogP contribution < -0.4 is 0 Å². The molecule has 0 unspecified atom stereocenters. The summed E-state index contributed by atoms with van der Waals surface area (Å²) in [7, 11) is 0. The lowest BCUT2D eigenvalue weighted by Gasteiger charge is -2.26. The lowest BCUT2D eigenvalue weighted by molar-refractivity contribution is -0.133. The standard InChI is InChI=1S/C15H16O2.C6H14O4.6C4H6O2/c1-15(2,11-3-7-13(16)8-4-11)12-5-9-14(17)10-6-12;7-1-3-9-5-6-10-4-2-8;6*1-3(2)4(5)6/h3-10,16-17H,1-2H3;7-8H,1-6H2;6*1H2,2H3,(H,5,6). The van der Waals surface area contributed by atoms with Crippen molar-refractivity contribution in [3.05, 3.63) is 133 Å². The van der Waals surface area contributed by atoms with E-state index in [0.717, 1.165) is 11.1 Å². The SMILES string of the molecule is C=C(C)C(=O)O.C=C(C)C(=O)O.C=C(C)C(=O)O.C=C(C)C(=O)O.C=C(C)C(=O)O.C=C(C)C(=O)O.CC(C)(c1ccc(O)cc1)c1ccc(O)cc1.OCCOCCOCCO. The summed E-state index contributed by atoms with van der Waals surface area (Å²) in [5.41, 5.74) is 3.16. The number of hydrogen-bond donors (Lipinski definition) is 10. The molecule has 0 atom stereocenters. The van der Waals surface area contributed by atoms with Crippen molar-refractivity contribution in [1.29, 1.82) is 0 Å². The summed E-state index contributed by atoms with van der Waals surface area (Å²) in [6, 6.07) is 14.4. The summed E-state index contributed by atoms with van der Waals surface area (Å²) in [4.78, 5) is 57.6. The number of carboxylic acid groups (broad SMARTS) is 6. The molecule has 0 aliphatic rings. The van der Waals surface area contributed by atoms with Crippen LogP contribution in [0.25, 0.3) is 0 Å². The molecule has 354 valence electrons. The highest BCUT2D eigenvalue weighted by Gasteiger charge is 2.22. The zero-order valence-corrected chi connectivity index (χ0v) is 37.3. The Kier molecular flexibility index (Phi) is 43.7. The second-order valence-electron chi connectivity index (χ2n) is 12.9. The van der Waals surface area contributed by atoms with Gasteiger partial charge in [0.25, 0.3) is 0 Å². The number of rotatable bonds is 15. The molecule has 18 nitrogen and oxygen atoms in total. The first-order valence-electron chi connectivity index (χ1n) is 18.1. The first-order valence-corrected chi connectivity index (χ1v) is 18.1. The molecule has 0 aliphatic heterocycles. The predicted octanol–water partition coefficient (Wildman–Crippen LogP) is 6.31. The van der Waals surface area contributed by atoms with E-state index in [1.165, 1.54) is 41.5 Å². The highest BCUT2D eigenvalue weighted by atomic mass is 16.5. The summed E-state index contributed by atoms with van der Waals surface area (Å²) in [6.07, 6.45) is 0. The molecule has 2 aromatic rings. The van der Waals surface area contributed by atoms with Gasteiger partial charge in [0.15, 0.2) is 0 Å². The third kappa shape index (κ3) is 49.4. The number of phenols is 2. The zero-order chi connectivity index (χ0) is 51.1. The van der Waals surface area contributed by atoms with Gasteiger partial charge in [0, 0.05) is 38.9 Å². The fourth-order valence-corrected chi connectivity index (χ4v) is 2.37. The third-order valence-electron chi connectivity index (χ3n) is 6.21. The molecule has 18 heteroatoms. The maximum Gasteiger partial charge on any atom is 0.330 e. The third-order valence-corrected chi connectivity index (χ3v) is 6.21. The Morgan fingerprint density at radius 1 is 0.413 bits per heavy atom. The number of aliphatic carboxylic acids is 6. The van der Waals surface area contributed by atoms with E-state index in [2.05, 4.69) is 53.3 Å². The molecule has 0 amide bonds. The molecule has 63 heavy (non-hydrogen) atoms. The second kappa shape index (κ2) is 40.5. The summed E-state index contributed by atoms with van der Waals surface area (Å²) < 4.78 is 9.75. The van der Waals surface area contributed by atoms with Crippen LogP contribution >= 0.6 is 0 Å². The average molecular weight is 895 g/mol. The Morgan fingerprint density at radius 2 is 0.571 bits per heavy atom. The van der Waals surface area contributed by atoms with E-state index in [-0.39, 0.29) is 63.6 Å². The van der Waals surface area contributed by atoms with Crippen LogP contribution in [0.15, 0.2) is 121 Å². The monoisotopic (exact) mass is 894 g/mol. The fraction of sp³-hybridized carbons (Fsp3) is 0.333. The number of carbonyl (C=O) groups is 6.